The number of hydrogen-bond acceptors (Lipinski definition) is 2. The zero-order valence-corrected chi connectivity index (χ0v) is 13.7. The third kappa shape index (κ3) is 3.34. The Kier molecular flexibility index (Phi) is 5.07. The number of para-hydroxylation sites is 1. The number of nitrogens with zero attached hydrogens (tertiary/aromatic N) is 1. The molecule has 0 fully saturated rings. The Morgan fingerprint density at radius 2 is 1.85 bits per heavy atom. The van der Waals surface area contributed by atoms with E-state index in [-0.39, 0.29) is 0 Å². The average Bonchev–Trinajstić information content (AvgIpc) is 2.45. The molecule has 0 radical (unpaired) electrons. The summed E-state index contributed by atoms with van der Waals surface area (Å²) in [7, 11) is 0. The Morgan fingerprint density at radius 3 is 2.50 bits per heavy atom. The highest BCUT2D eigenvalue weighted by Gasteiger charge is 2.13. The maximum Gasteiger partial charge on any atom is 0.0559 e. The molecule has 0 aliphatic carbocycles. The lowest BCUT2D eigenvalue weighted by atomic mass is 10.1. The van der Waals surface area contributed by atoms with Crippen LogP contribution < -0.4 is 10.6 Å². The van der Waals surface area contributed by atoms with E-state index in [9.17, 15) is 0 Å². The standard InChI is InChI=1S/C17H21BrN2/c1-3-4-10-20(14-8-6-5-7-9-14)17-11-13(2)16(19)12-15(17)18/h5-9,11-12H,3-4,10,19H2,1-2H3. The van der Waals surface area contributed by atoms with E-state index in [1.54, 1.807) is 0 Å². The van der Waals surface area contributed by atoms with Crippen LogP contribution in [0.3, 0.4) is 0 Å². The minimum absolute atomic E-state index is 0.823. The summed E-state index contributed by atoms with van der Waals surface area (Å²) in [6.07, 6.45) is 2.33. The molecule has 106 valence electrons. The van der Waals surface area contributed by atoms with Crippen molar-refractivity contribution in [1.82, 2.24) is 0 Å². The fourth-order valence-electron chi connectivity index (χ4n) is 2.20. The van der Waals surface area contributed by atoms with Crippen LogP contribution in [0.5, 0.6) is 0 Å². The van der Waals surface area contributed by atoms with Crippen LogP contribution in [0.15, 0.2) is 46.9 Å². The smallest absolute Gasteiger partial charge is 0.0559 e. The van der Waals surface area contributed by atoms with Crippen LogP contribution in [-0.4, -0.2) is 6.54 Å². The zero-order chi connectivity index (χ0) is 14.5. The fraction of sp³-hybridized carbons (Fsp3) is 0.294. The second kappa shape index (κ2) is 6.80. The first-order chi connectivity index (χ1) is 9.63. The first-order valence-corrected chi connectivity index (χ1v) is 7.81. The molecule has 0 amide bonds. The first-order valence-electron chi connectivity index (χ1n) is 7.01. The second-order valence-electron chi connectivity index (χ2n) is 5.00. The summed E-state index contributed by atoms with van der Waals surface area (Å²) in [6.45, 7) is 5.27. The lowest BCUT2D eigenvalue weighted by Crippen LogP contribution is -2.19. The van der Waals surface area contributed by atoms with Gasteiger partial charge in [-0.1, -0.05) is 31.5 Å². The molecule has 2 nitrogen and oxygen atoms in total. The van der Waals surface area contributed by atoms with E-state index in [1.165, 1.54) is 17.8 Å². The Bertz CT molecular complexity index is 567. The molecule has 0 unspecified atom stereocenters. The number of nitrogens with two attached hydrogens (primary N) is 1. The molecule has 0 heterocycles. The van der Waals surface area contributed by atoms with Crippen molar-refractivity contribution in [3.8, 4) is 0 Å². The summed E-state index contributed by atoms with van der Waals surface area (Å²) in [6, 6.07) is 14.6. The molecule has 20 heavy (non-hydrogen) atoms. The summed E-state index contributed by atoms with van der Waals surface area (Å²) in [5.41, 5.74) is 10.3. The van der Waals surface area contributed by atoms with E-state index in [1.807, 2.05) is 19.1 Å². The van der Waals surface area contributed by atoms with Gasteiger partial charge in [0.2, 0.25) is 0 Å². The number of hydrogen-bond donors (Lipinski definition) is 1. The maximum absolute atomic E-state index is 5.98. The largest absolute Gasteiger partial charge is 0.398 e. The topological polar surface area (TPSA) is 29.3 Å². The lowest BCUT2D eigenvalue weighted by Gasteiger charge is -2.27. The third-order valence-corrected chi connectivity index (χ3v) is 4.06. The van der Waals surface area contributed by atoms with Gasteiger partial charge in [-0.3, -0.25) is 0 Å². The molecule has 0 aliphatic heterocycles. The van der Waals surface area contributed by atoms with Crippen LogP contribution >= 0.6 is 15.9 Å². The summed E-state index contributed by atoms with van der Waals surface area (Å²) in [5, 5.41) is 0. The molecule has 3 heteroatoms. The third-order valence-electron chi connectivity index (χ3n) is 3.43. The van der Waals surface area contributed by atoms with Crippen molar-refractivity contribution in [1.29, 1.82) is 0 Å². The van der Waals surface area contributed by atoms with Gasteiger partial charge in [-0.05, 0) is 59.1 Å². The molecule has 0 saturated carbocycles. The molecule has 2 aromatic carbocycles. The van der Waals surface area contributed by atoms with E-state index >= 15 is 0 Å². The van der Waals surface area contributed by atoms with Gasteiger partial charge in [-0.2, -0.15) is 0 Å². The van der Waals surface area contributed by atoms with E-state index < -0.39 is 0 Å². The molecule has 2 N–H and O–H groups in total. The van der Waals surface area contributed by atoms with Crippen molar-refractivity contribution in [3.05, 3.63) is 52.5 Å². The van der Waals surface area contributed by atoms with Crippen molar-refractivity contribution in [2.75, 3.05) is 17.2 Å². The highest BCUT2D eigenvalue weighted by molar-refractivity contribution is 9.10. The minimum Gasteiger partial charge on any atom is -0.398 e. The van der Waals surface area contributed by atoms with Crippen molar-refractivity contribution in [2.24, 2.45) is 0 Å². The van der Waals surface area contributed by atoms with E-state index in [0.717, 1.165) is 28.7 Å². The summed E-state index contributed by atoms with van der Waals surface area (Å²) in [5.74, 6) is 0. The van der Waals surface area contributed by atoms with Crippen LogP contribution in [0.2, 0.25) is 0 Å². The molecule has 0 aromatic heterocycles. The van der Waals surface area contributed by atoms with Gasteiger partial charge in [0.25, 0.3) is 0 Å². The number of halogens is 1. The lowest BCUT2D eigenvalue weighted by molar-refractivity contribution is 0.785. The molecular weight excluding hydrogens is 312 g/mol. The SMILES string of the molecule is CCCCN(c1ccccc1)c1cc(C)c(N)cc1Br. The van der Waals surface area contributed by atoms with Gasteiger partial charge in [0, 0.05) is 22.4 Å². The Balaban J connectivity index is 2.44. The highest BCUT2D eigenvalue weighted by atomic mass is 79.9. The quantitative estimate of drug-likeness (QED) is 0.755. The van der Waals surface area contributed by atoms with Gasteiger partial charge < -0.3 is 10.6 Å². The van der Waals surface area contributed by atoms with E-state index in [2.05, 4.69) is 58.1 Å². The first kappa shape index (κ1) is 14.9. The average molecular weight is 333 g/mol. The number of unbranched alkanes of at least 4 members (excludes halogenated alkanes) is 1. The van der Waals surface area contributed by atoms with Crippen LogP contribution in [-0.2, 0) is 0 Å². The summed E-state index contributed by atoms with van der Waals surface area (Å²) in [4.78, 5) is 2.35. The molecular formula is C17H21BrN2. The molecule has 2 aromatic rings. The maximum atomic E-state index is 5.98. The number of aryl methyl sites for hydroxylation is 1. The van der Waals surface area contributed by atoms with E-state index in [4.69, 9.17) is 5.73 Å². The van der Waals surface area contributed by atoms with Crippen LogP contribution in [0, 0.1) is 6.92 Å². The number of nitrogen functional groups attached to an aromatic ring is 1. The number of benzene rings is 2. The van der Waals surface area contributed by atoms with Crippen LogP contribution in [0.4, 0.5) is 17.1 Å². The van der Waals surface area contributed by atoms with Gasteiger partial charge in [-0.25, -0.2) is 0 Å². The normalized spacial score (nSPS) is 10.6. The molecule has 0 bridgehead atoms. The van der Waals surface area contributed by atoms with Crippen molar-refractivity contribution in [3.63, 3.8) is 0 Å². The van der Waals surface area contributed by atoms with E-state index in [0.29, 0.717) is 0 Å². The van der Waals surface area contributed by atoms with Gasteiger partial charge >= 0.3 is 0 Å². The van der Waals surface area contributed by atoms with Crippen molar-refractivity contribution >= 4 is 33.0 Å². The monoisotopic (exact) mass is 332 g/mol. The Morgan fingerprint density at radius 1 is 1.15 bits per heavy atom. The van der Waals surface area contributed by atoms with Crippen LogP contribution in [0.1, 0.15) is 25.3 Å². The minimum atomic E-state index is 0.823. The Hall–Kier alpha value is -1.48. The zero-order valence-electron chi connectivity index (χ0n) is 12.1. The molecule has 0 saturated heterocycles. The predicted molar refractivity (Wildman–Crippen MR) is 91.6 cm³/mol. The Labute approximate surface area is 129 Å². The number of rotatable bonds is 5. The highest BCUT2D eigenvalue weighted by Crippen LogP contribution is 2.35. The van der Waals surface area contributed by atoms with Gasteiger partial charge in [0.05, 0.1) is 5.69 Å². The van der Waals surface area contributed by atoms with Crippen molar-refractivity contribution in [2.45, 2.75) is 26.7 Å². The van der Waals surface area contributed by atoms with Crippen LogP contribution in [0.25, 0.3) is 0 Å². The molecule has 0 spiro atoms. The predicted octanol–water partition coefficient (Wildman–Crippen LogP) is 5.28. The van der Waals surface area contributed by atoms with Crippen molar-refractivity contribution < 1.29 is 0 Å². The van der Waals surface area contributed by atoms with Gasteiger partial charge in [0.1, 0.15) is 0 Å². The fourth-order valence-corrected chi connectivity index (χ4v) is 2.78. The summed E-state index contributed by atoms with van der Waals surface area (Å²) >= 11 is 3.65. The van der Waals surface area contributed by atoms with Gasteiger partial charge in [0.15, 0.2) is 0 Å². The van der Waals surface area contributed by atoms with Gasteiger partial charge in [-0.15, -0.1) is 0 Å². The number of anilines is 3. The summed E-state index contributed by atoms with van der Waals surface area (Å²) < 4.78 is 1.04. The molecule has 2 rings (SSSR count). The second-order valence-corrected chi connectivity index (χ2v) is 5.86. The molecule has 0 atom stereocenters. The molecule has 0 aliphatic rings.